The van der Waals surface area contributed by atoms with Crippen LogP contribution in [0.25, 0.3) is 11.5 Å². The Morgan fingerprint density at radius 3 is 2.47 bits per heavy atom. The zero-order valence-corrected chi connectivity index (χ0v) is 16.5. The molecule has 0 radical (unpaired) electrons. The molecule has 0 aliphatic carbocycles. The quantitative estimate of drug-likeness (QED) is 0.317. The van der Waals surface area contributed by atoms with E-state index in [4.69, 9.17) is 4.42 Å². The Balaban J connectivity index is 1.63. The predicted octanol–water partition coefficient (Wildman–Crippen LogP) is 5.08. The Labute approximate surface area is 173 Å². The summed E-state index contributed by atoms with van der Waals surface area (Å²) in [7, 11) is 0. The molecular weight excluding hydrogens is 419 g/mol. The highest BCUT2D eigenvalue weighted by Crippen LogP contribution is 2.32. The molecule has 0 spiro atoms. The van der Waals surface area contributed by atoms with E-state index in [1.807, 2.05) is 0 Å². The Morgan fingerprint density at radius 1 is 1.13 bits per heavy atom. The van der Waals surface area contributed by atoms with Gasteiger partial charge in [-0.1, -0.05) is 11.8 Å². The predicted molar refractivity (Wildman–Crippen MR) is 105 cm³/mol. The molecule has 2 aromatic heterocycles. The number of carbonyl (C=O) groups excluding carboxylic acids is 2. The number of anilines is 1. The van der Waals surface area contributed by atoms with Gasteiger partial charge in [0.2, 0.25) is 5.91 Å². The fraction of sp³-hybridized carbons (Fsp3) is 0.200. The van der Waals surface area contributed by atoms with E-state index in [2.05, 4.69) is 15.3 Å². The molecule has 1 aromatic carbocycles. The molecule has 2 heterocycles. The van der Waals surface area contributed by atoms with Crippen LogP contribution < -0.4 is 5.32 Å². The number of hydrogen-bond donors (Lipinski definition) is 1. The highest BCUT2D eigenvalue weighted by Gasteiger charge is 2.34. The second-order valence-electron chi connectivity index (χ2n) is 6.18. The fourth-order valence-corrected chi connectivity index (χ4v) is 3.23. The minimum absolute atomic E-state index is 0.0137. The van der Waals surface area contributed by atoms with Crippen LogP contribution in [-0.4, -0.2) is 27.4 Å². The molecule has 10 heteroatoms. The highest BCUT2D eigenvalue weighted by atomic mass is 32.2. The number of halogens is 3. The van der Waals surface area contributed by atoms with Crippen molar-refractivity contribution in [3.05, 3.63) is 60.0 Å². The second kappa shape index (κ2) is 9.12. The zero-order valence-electron chi connectivity index (χ0n) is 15.7. The van der Waals surface area contributed by atoms with Crippen molar-refractivity contribution in [3.63, 3.8) is 0 Å². The summed E-state index contributed by atoms with van der Waals surface area (Å²) in [5.41, 5.74) is -0.0238. The van der Waals surface area contributed by atoms with Gasteiger partial charge in [0.25, 0.3) is 0 Å². The number of furan rings is 1. The number of thioether (sulfide) groups is 1. The van der Waals surface area contributed by atoms with Crippen molar-refractivity contribution in [1.82, 2.24) is 9.97 Å². The Hall–Kier alpha value is -3.14. The summed E-state index contributed by atoms with van der Waals surface area (Å²) in [5.74, 6) is -0.0388. The van der Waals surface area contributed by atoms with Crippen molar-refractivity contribution in [2.24, 2.45) is 0 Å². The summed E-state index contributed by atoms with van der Waals surface area (Å²) in [5, 5.41) is 2.56. The number of benzene rings is 1. The summed E-state index contributed by atoms with van der Waals surface area (Å²) in [6.45, 7) is 1.44. The molecule has 0 fully saturated rings. The van der Waals surface area contributed by atoms with Gasteiger partial charge in [0.15, 0.2) is 16.7 Å². The van der Waals surface area contributed by atoms with Gasteiger partial charge in [-0.15, -0.1) is 0 Å². The highest BCUT2D eigenvalue weighted by molar-refractivity contribution is 7.99. The van der Waals surface area contributed by atoms with Crippen molar-refractivity contribution in [2.75, 3.05) is 11.1 Å². The normalized spacial score (nSPS) is 11.3. The Kier molecular flexibility index (Phi) is 6.56. The van der Waals surface area contributed by atoms with Gasteiger partial charge in [-0.05, 0) is 49.4 Å². The monoisotopic (exact) mass is 435 g/mol. The molecule has 0 aliphatic rings. The second-order valence-corrected chi connectivity index (χ2v) is 7.24. The average Bonchev–Trinajstić information content (AvgIpc) is 3.22. The number of rotatable bonds is 7. The van der Waals surface area contributed by atoms with Crippen LogP contribution in [0.15, 0.2) is 58.3 Å². The van der Waals surface area contributed by atoms with Crippen LogP contribution in [-0.2, 0) is 11.0 Å². The van der Waals surface area contributed by atoms with Crippen LogP contribution in [0.2, 0.25) is 0 Å². The molecule has 6 nitrogen and oxygen atoms in total. The van der Waals surface area contributed by atoms with E-state index in [-0.39, 0.29) is 40.5 Å². The van der Waals surface area contributed by atoms with Crippen molar-refractivity contribution in [3.8, 4) is 11.5 Å². The molecular formula is C20H16F3N3O3S. The first-order chi connectivity index (χ1) is 14.2. The van der Waals surface area contributed by atoms with E-state index in [1.54, 1.807) is 30.3 Å². The number of carbonyl (C=O) groups is 2. The van der Waals surface area contributed by atoms with Crippen LogP contribution >= 0.6 is 11.8 Å². The van der Waals surface area contributed by atoms with E-state index in [9.17, 15) is 22.8 Å². The van der Waals surface area contributed by atoms with Gasteiger partial charge in [0.1, 0.15) is 11.4 Å². The molecule has 1 amide bonds. The average molecular weight is 435 g/mol. The fourth-order valence-electron chi connectivity index (χ4n) is 2.43. The maximum absolute atomic E-state index is 13.1. The number of ketones is 1. The number of hydrogen-bond acceptors (Lipinski definition) is 6. The zero-order chi connectivity index (χ0) is 21.7. The lowest BCUT2D eigenvalue weighted by atomic mass is 10.1. The molecule has 0 unspecified atom stereocenters. The topological polar surface area (TPSA) is 85.1 Å². The lowest BCUT2D eigenvalue weighted by molar-refractivity contribution is -0.141. The molecule has 1 N–H and O–H groups in total. The molecule has 0 saturated heterocycles. The van der Waals surface area contributed by atoms with Crippen molar-refractivity contribution < 1.29 is 27.2 Å². The van der Waals surface area contributed by atoms with Crippen molar-refractivity contribution in [1.29, 1.82) is 0 Å². The first-order valence-corrected chi connectivity index (χ1v) is 9.75. The van der Waals surface area contributed by atoms with E-state index in [0.29, 0.717) is 11.3 Å². The molecule has 30 heavy (non-hydrogen) atoms. The Morgan fingerprint density at radius 2 is 1.87 bits per heavy atom. The third-order valence-corrected chi connectivity index (χ3v) is 4.75. The first-order valence-electron chi connectivity index (χ1n) is 8.76. The summed E-state index contributed by atoms with van der Waals surface area (Å²) in [6.07, 6.45) is -3.26. The van der Waals surface area contributed by atoms with Crippen LogP contribution in [0.1, 0.15) is 29.4 Å². The van der Waals surface area contributed by atoms with Crippen LogP contribution in [0.5, 0.6) is 0 Å². The lowest BCUT2D eigenvalue weighted by Gasteiger charge is -2.09. The van der Waals surface area contributed by atoms with Gasteiger partial charge >= 0.3 is 6.18 Å². The number of nitrogens with one attached hydrogen (secondary N) is 1. The van der Waals surface area contributed by atoms with Crippen molar-refractivity contribution >= 4 is 29.1 Å². The molecule has 0 atom stereocenters. The summed E-state index contributed by atoms with van der Waals surface area (Å²) in [6, 6.07) is 10.3. The van der Waals surface area contributed by atoms with Crippen LogP contribution in [0.3, 0.4) is 0 Å². The molecule has 156 valence electrons. The number of Topliss-reactive ketones (excluding diaryl/α,β-unsaturated/α-hetero) is 1. The van der Waals surface area contributed by atoms with Gasteiger partial charge in [-0.3, -0.25) is 9.59 Å². The molecule has 0 aliphatic heterocycles. The maximum Gasteiger partial charge on any atom is 0.433 e. The number of amides is 1. The largest absolute Gasteiger partial charge is 0.463 e. The molecule has 0 saturated carbocycles. The van der Waals surface area contributed by atoms with Gasteiger partial charge in [0, 0.05) is 23.4 Å². The Bertz CT molecular complexity index is 1040. The van der Waals surface area contributed by atoms with Gasteiger partial charge in [-0.25, -0.2) is 9.97 Å². The number of nitrogens with zero attached hydrogens (tertiary/aromatic N) is 2. The van der Waals surface area contributed by atoms with Gasteiger partial charge < -0.3 is 9.73 Å². The lowest BCUT2D eigenvalue weighted by Crippen LogP contribution is -2.13. The maximum atomic E-state index is 13.1. The molecule has 0 bridgehead atoms. The molecule has 3 aromatic rings. The molecule has 3 rings (SSSR count). The summed E-state index contributed by atoms with van der Waals surface area (Å²) in [4.78, 5) is 31.0. The third-order valence-electron chi connectivity index (χ3n) is 3.91. The van der Waals surface area contributed by atoms with E-state index >= 15 is 0 Å². The standard InChI is InChI=1S/C20H16F3N3O3S/c1-12(27)13-4-6-14(7-5-13)24-18(28)8-10-30-19-25-15(16-3-2-9-29-16)11-17(26-19)20(21,22)23/h2-7,9,11H,8,10H2,1H3,(H,24,28). The summed E-state index contributed by atoms with van der Waals surface area (Å²) < 4.78 is 44.6. The third kappa shape index (κ3) is 5.69. The SMILES string of the molecule is CC(=O)c1ccc(NC(=O)CCSc2nc(-c3ccco3)cc(C(F)(F)F)n2)cc1. The van der Waals surface area contributed by atoms with Crippen LogP contribution in [0, 0.1) is 0 Å². The number of alkyl halides is 3. The van der Waals surface area contributed by atoms with E-state index in [1.165, 1.54) is 19.3 Å². The first kappa shape index (κ1) is 21.6. The van der Waals surface area contributed by atoms with Gasteiger partial charge in [0.05, 0.1) is 6.26 Å². The number of aromatic nitrogens is 2. The summed E-state index contributed by atoms with van der Waals surface area (Å²) >= 11 is 0.938. The van der Waals surface area contributed by atoms with Gasteiger partial charge in [-0.2, -0.15) is 13.2 Å². The van der Waals surface area contributed by atoms with Crippen LogP contribution in [0.4, 0.5) is 18.9 Å². The smallest absolute Gasteiger partial charge is 0.433 e. The minimum atomic E-state index is -4.64. The van der Waals surface area contributed by atoms with E-state index < -0.39 is 11.9 Å². The van der Waals surface area contributed by atoms with E-state index in [0.717, 1.165) is 17.8 Å². The van der Waals surface area contributed by atoms with Crippen molar-refractivity contribution in [2.45, 2.75) is 24.7 Å². The minimum Gasteiger partial charge on any atom is -0.463 e.